The van der Waals surface area contributed by atoms with Crippen LogP contribution < -0.4 is 14.4 Å². The molecule has 0 atom stereocenters. The van der Waals surface area contributed by atoms with Gasteiger partial charge < -0.3 is 19.2 Å². The lowest BCUT2D eigenvalue weighted by Crippen LogP contribution is -2.16. The Balaban J connectivity index is 1.87. The number of ether oxygens (including phenoxy) is 2. The van der Waals surface area contributed by atoms with Gasteiger partial charge in [-0.25, -0.2) is 4.79 Å². The van der Waals surface area contributed by atoms with Gasteiger partial charge in [-0.3, -0.25) is 0 Å². The molecule has 31 heavy (non-hydrogen) atoms. The van der Waals surface area contributed by atoms with Crippen LogP contribution in [0.5, 0.6) is 11.5 Å². The van der Waals surface area contributed by atoms with E-state index >= 15 is 0 Å². The smallest absolute Gasteiger partial charge is 0.331 e. The fourth-order valence-electron chi connectivity index (χ4n) is 3.43. The van der Waals surface area contributed by atoms with E-state index in [1.54, 1.807) is 32.9 Å². The van der Waals surface area contributed by atoms with Gasteiger partial charge in [0, 0.05) is 34.0 Å². The van der Waals surface area contributed by atoms with Gasteiger partial charge in [0.2, 0.25) is 0 Å². The maximum absolute atomic E-state index is 11.2. The molecule has 1 heterocycles. The molecular formula is C24H22N2O4S. The zero-order chi connectivity index (χ0) is 22.0. The number of oxime groups is 1. The van der Waals surface area contributed by atoms with Crippen LogP contribution in [0.2, 0.25) is 0 Å². The second-order valence-corrected chi connectivity index (χ2v) is 7.97. The summed E-state index contributed by atoms with van der Waals surface area (Å²) < 4.78 is 11.0. The van der Waals surface area contributed by atoms with Gasteiger partial charge in [-0.2, -0.15) is 0 Å². The summed E-state index contributed by atoms with van der Waals surface area (Å²) in [6.45, 7) is 3.11. The maximum Gasteiger partial charge on any atom is 0.331 e. The molecule has 0 aliphatic carbocycles. The molecule has 7 heteroatoms. The van der Waals surface area contributed by atoms with Crippen LogP contribution in [0.4, 0.5) is 17.1 Å². The summed E-state index contributed by atoms with van der Waals surface area (Å²) in [6.07, 6.45) is 0. The number of carbonyl (C=O) groups is 1. The number of anilines is 3. The molecule has 0 N–H and O–H groups in total. The monoisotopic (exact) mass is 434 g/mol. The van der Waals surface area contributed by atoms with Crippen LogP contribution in [0.25, 0.3) is 0 Å². The summed E-state index contributed by atoms with van der Waals surface area (Å²) in [4.78, 5) is 20.4. The van der Waals surface area contributed by atoms with E-state index in [-0.39, 0.29) is 0 Å². The van der Waals surface area contributed by atoms with Crippen molar-refractivity contribution in [2.75, 3.05) is 19.1 Å². The summed E-state index contributed by atoms with van der Waals surface area (Å²) in [5.41, 5.74) is 4.42. The Morgan fingerprint density at radius 2 is 1.65 bits per heavy atom. The fraction of sp³-hybridized carbons (Fsp3) is 0.167. The highest BCUT2D eigenvalue weighted by molar-refractivity contribution is 7.99. The predicted octanol–water partition coefficient (Wildman–Crippen LogP) is 5.93. The number of fused-ring (bicyclic) bond motifs is 2. The third kappa shape index (κ3) is 4.09. The van der Waals surface area contributed by atoms with Gasteiger partial charge in [0.25, 0.3) is 0 Å². The van der Waals surface area contributed by atoms with Crippen molar-refractivity contribution in [3.05, 3.63) is 66.2 Å². The molecule has 0 saturated heterocycles. The minimum Gasteiger partial charge on any atom is -0.497 e. The Labute approximate surface area is 185 Å². The summed E-state index contributed by atoms with van der Waals surface area (Å²) in [5.74, 6) is 0.977. The molecule has 0 saturated carbocycles. The molecule has 4 rings (SSSR count). The minimum atomic E-state index is -0.467. The van der Waals surface area contributed by atoms with Gasteiger partial charge in [0.15, 0.2) is 0 Å². The van der Waals surface area contributed by atoms with Crippen LogP contribution in [-0.2, 0) is 9.63 Å². The van der Waals surface area contributed by atoms with Crippen molar-refractivity contribution in [3.8, 4) is 11.5 Å². The van der Waals surface area contributed by atoms with Gasteiger partial charge in [0.1, 0.15) is 11.5 Å². The van der Waals surface area contributed by atoms with E-state index in [0.29, 0.717) is 11.5 Å². The number of methoxy groups -OCH3 is 2. The maximum atomic E-state index is 11.2. The third-order valence-corrected chi connectivity index (χ3v) is 5.99. The normalized spacial score (nSPS) is 12.6. The molecule has 0 fully saturated rings. The van der Waals surface area contributed by atoms with Gasteiger partial charge in [-0.1, -0.05) is 29.1 Å². The molecule has 0 radical (unpaired) electrons. The lowest BCUT2D eigenvalue weighted by molar-refractivity contribution is -0.140. The highest BCUT2D eigenvalue weighted by Crippen LogP contribution is 2.53. The number of benzene rings is 3. The number of hydrogen-bond acceptors (Lipinski definition) is 7. The highest BCUT2D eigenvalue weighted by Gasteiger charge is 2.27. The first kappa shape index (κ1) is 20.8. The van der Waals surface area contributed by atoms with E-state index in [1.807, 2.05) is 48.5 Å². The first-order valence-corrected chi connectivity index (χ1v) is 10.5. The van der Waals surface area contributed by atoms with Gasteiger partial charge in [0.05, 0.1) is 31.3 Å². The molecule has 0 aromatic heterocycles. The van der Waals surface area contributed by atoms with E-state index in [9.17, 15) is 4.79 Å². The molecular weight excluding hydrogens is 412 g/mol. The van der Waals surface area contributed by atoms with E-state index in [2.05, 4.69) is 22.2 Å². The highest BCUT2D eigenvalue weighted by atomic mass is 32.2. The minimum absolute atomic E-state index is 0.467. The summed E-state index contributed by atoms with van der Waals surface area (Å²) in [7, 11) is 3.27. The quantitative estimate of drug-likeness (QED) is 0.221. The molecule has 0 bridgehead atoms. The second-order valence-electron chi connectivity index (χ2n) is 6.88. The predicted molar refractivity (Wildman–Crippen MR) is 122 cm³/mol. The molecule has 1 aliphatic rings. The largest absolute Gasteiger partial charge is 0.497 e. The molecule has 3 aromatic rings. The zero-order valence-corrected chi connectivity index (χ0v) is 18.5. The molecule has 0 unspecified atom stereocenters. The summed E-state index contributed by atoms with van der Waals surface area (Å²) >= 11 is 1.68. The summed E-state index contributed by atoms with van der Waals surface area (Å²) in [5, 5.41) is 3.94. The third-order valence-electron chi connectivity index (χ3n) is 4.88. The first-order chi connectivity index (χ1) is 15.0. The Morgan fingerprint density at radius 3 is 2.32 bits per heavy atom. The van der Waals surface area contributed by atoms with Crippen LogP contribution in [-0.4, -0.2) is 25.9 Å². The van der Waals surface area contributed by atoms with E-state index in [4.69, 9.17) is 14.3 Å². The molecule has 1 aliphatic heterocycles. The van der Waals surface area contributed by atoms with Gasteiger partial charge in [-0.15, -0.1) is 0 Å². The zero-order valence-electron chi connectivity index (χ0n) is 17.7. The number of hydrogen-bond donors (Lipinski definition) is 0. The number of carbonyl (C=O) groups excluding carboxylic acids is 1. The number of nitrogens with zero attached hydrogens (tertiary/aromatic N) is 2. The second kappa shape index (κ2) is 8.73. The van der Waals surface area contributed by atoms with Crippen LogP contribution in [0.3, 0.4) is 0 Å². The van der Waals surface area contributed by atoms with Crippen LogP contribution in [0, 0.1) is 0 Å². The molecule has 158 valence electrons. The topological polar surface area (TPSA) is 60.4 Å². The van der Waals surface area contributed by atoms with Crippen molar-refractivity contribution in [1.29, 1.82) is 0 Å². The van der Waals surface area contributed by atoms with E-state index < -0.39 is 5.97 Å². The average Bonchev–Trinajstić information content (AvgIpc) is 2.80. The van der Waals surface area contributed by atoms with Gasteiger partial charge in [-0.05, 0) is 49.4 Å². The van der Waals surface area contributed by atoms with Crippen molar-refractivity contribution in [1.82, 2.24) is 0 Å². The SMILES string of the molecule is COc1ccc(N2c3ccccc3Sc3cc(C(C)=NOC(C)=O)c(OC)cc32)cc1. The Hall–Kier alpha value is -3.45. The van der Waals surface area contributed by atoms with E-state index in [1.165, 1.54) is 6.92 Å². The molecule has 6 nitrogen and oxygen atoms in total. The fourth-order valence-corrected chi connectivity index (χ4v) is 4.50. The van der Waals surface area contributed by atoms with E-state index in [0.717, 1.165) is 38.2 Å². The Bertz CT molecular complexity index is 1160. The standard InChI is InChI=1S/C24H22N2O4S/c1-15(25-30-16(2)27)19-13-24-21(14-22(19)29-4)26(17-9-11-18(28-3)12-10-17)20-7-5-6-8-23(20)31-24/h5-14H,1-4H3. The van der Waals surface area contributed by atoms with Crippen LogP contribution >= 0.6 is 11.8 Å². The average molecular weight is 435 g/mol. The molecule has 3 aromatic carbocycles. The van der Waals surface area contributed by atoms with Gasteiger partial charge >= 0.3 is 5.97 Å². The van der Waals surface area contributed by atoms with Crippen LogP contribution in [0.1, 0.15) is 19.4 Å². The van der Waals surface area contributed by atoms with Crippen molar-refractivity contribution < 1.29 is 19.1 Å². The van der Waals surface area contributed by atoms with Crippen molar-refractivity contribution in [2.24, 2.45) is 5.16 Å². The first-order valence-electron chi connectivity index (χ1n) is 9.67. The lowest BCUT2D eigenvalue weighted by Gasteiger charge is -2.33. The van der Waals surface area contributed by atoms with Crippen molar-refractivity contribution in [2.45, 2.75) is 23.6 Å². The van der Waals surface area contributed by atoms with Crippen molar-refractivity contribution >= 4 is 40.5 Å². The van der Waals surface area contributed by atoms with Crippen molar-refractivity contribution in [3.63, 3.8) is 0 Å². The number of para-hydroxylation sites is 1. The lowest BCUT2D eigenvalue weighted by atomic mass is 10.1. The number of rotatable bonds is 5. The Kier molecular flexibility index (Phi) is 5.86. The summed E-state index contributed by atoms with van der Waals surface area (Å²) in [6, 6.07) is 20.2. The van der Waals surface area contributed by atoms with Crippen LogP contribution in [0.15, 0.2) is 75.6 Å². The molecule has 0 amide bonds. The molecule has 0 spiro atoms. The Morgan fingerprint density at radius 1 is 0.903 bits per heavy atom.